The topological polar surface area (TPSA) is 49.8 Å². The van der Waals surface area contributed by atoms with Crippen molar-refractivity contribution in [2.24, 2.45) is 0 Å². The van der Waals surface area contributed by atoms with Crippen LogP contribution in [0.3, 0.4) is 0 Å². The Morgan fingerprint density at radius 3 is 2.67 bits per heavy atom. The Balaban J connectivity index is 2.66. The van der Waals surface area contributed by atoms with E-state index in [-0.39, 0.29) is 13.0 Å². The summed E-state index contributed by atoms with van der Waals surface area (Å²) in [7, 11) is 1.23. The predicted octanol–water partition coefficient (Wildman–Crippen LogP) is 0.250. The van der Waals surface area contributed by atoms with Gasteiger partial charge >= 0.3 is 0 Å². The van der Waals surface area contributed by atoms with Crippen molar-refractivity contribution in [1.29, 1.82) is 0 Å². The first-order chi connectivity index (χ1) is 6.88. The molecule has 0 aromatic rings. The van der Waals surface area contributed by atoms with Crippen molar-refractivity contribution >= 4 is 5.91 Å². The first-order valence-corrected chi connectivity index (χ1v) is 4.76. The highest BCUT2D eigenvalue weighted by atomic mass is 19.3. The molecule has 1 aliphatic rings. The van der Waals surface area contributed by atoms with Crippen molar-refractivity contribution in [1.82, 2.24) is 4.90 Å². The molecule has 1 aliphatic heterocycles. The number of piperidine rings is 1. The van der Waals surface area contributed by atoms with E-state index >= 15 is 0 Å². The lowest BCUT2D eigenvalue weighted by Crippen LogP contribution is -2.55. The molecule has 0 spiro atoms. The van der Waals surface area contributed by atoms with Crippen LogP contribution in [0.5, 0.6) is 0 Å². The fraction of sp³-hybridized carbons (Fsp3) is 0.889. The van der Waals surface area contributed by atoms with Gasteiger partial charge in [-0.25, -0.2) is 8.78 Å². The fourth-order valence-corrected chi connectivity index (χ4v) is 1.66. The summed E-state index contributed by atoms with van der Waals surface area (Å²) < 4.78 is 31.3. The number of rotatable bonds is 2. The van der Waals surface area contributed by atoms with Crippen LogP contribution in [0.15, 0.2) is 0 Å². The summed E-state index contributed by atoms with van der Waals surface area (Å²) >= 11 is 0. The van der Waals surface area contributed by atoms with Crippen molar-refractivity contribution in [3.05, 3.63) is 0 Å². The van der Waals surface area contributed by atoms with E-state index in [0.717, 1.165) is 4.90 Å². The number of amides is 1. The quantitative estimate of drug-likeness (QED) is 0.730. The molecule has 0 aliphatic carbocycles. The molecule has 0 bridgehead atoms. The molecule has 15 heavy (non-hydrogen) atoms. The number of methoxy groups -OCH3 is 1. The van der Waals surface area contributed by atoms with Crippen LogP contribution >= 0.6 is 0 Å². The number of alkyl halides is 2. The molecule has 1 saturated heterocycles. The van der Waals surface area contributed by atoms with Gasteiger partial charge in [-0.1, -0.05) is 0 Å². The minimum Gasteiger partial charge on any atom is -0.384 e. The lowest BCUT2D eigenvalue weighted by molar-refractivity contribution is -0.176. The lowest BCUT2D eigenvalue weighted by Gasteiger charge is -2.37. The number of carbonyl (C=O) groups excluding carboxylic acids is 1. The standard InChI is InChI=1S/C9H15F2NO3/c1-6(13)8(14)12-4-3-7(15-2)9(10,11)5-12/h6-7,13H,3-5H2,1-2H3/t6-,7+/m0/s1. The minimum absolute atomic E-state index is 0.0853. The zero-order valence-corrected chi connectivity index (χ0v) is 8.74. The van der Waals surface area contributed by atoms with E-state index in [1.54, 1.807) is 0 Å². The Morgan fingerprint density at radius 1 is 1.67 bits per heavy atom. The number of likely N-dealkylation sites (tertiary alicyclic amines) is 1. The van der Waals surface area contributed by atoms with Crippen LogP contribution < -0.4 is 0 Å². The van der Waals surface area contributed by atoms with Crippen molar-refractivity contribution in [2.75, 3.05) is 20.2 Å². The number of hydrogen-bond donors (Lipinski definition) is 1. The maximum atomic E-state index is 13.3. The Labute approximate surface area is 86.8 Å². The summed E-state index contributed by atoms with van der Waals surface area (Å²) in [4.78, 5) is 12.3. The van der Waals surface area contributed by atoms with Crippen LogP contribution in [0.1, 0.15) is 13.3 Å². The van der Waals surface area contributed by atoms with Crippen LogP contribution in [0, 0.1) is 0 Å². The van der Waals surface area contributed by atoms with Crippen molar-refractivity contribution in [3.8, 4) is 0 Å². The van der Waals surface area contributed by atoms with Crippen molar-refractivity contribution < 1.29 is 23.4 Å². The van der Waals surface area contributed by atoms with Gasteiger partial charge in [-0.2, -0.15) is 0 Å². The molecule has 0 saturated carbocycles. The molecule has 6 heteroatoms. The van der Waals surface area contributed by atoms with E-state index in [9.17, 15) is 13.6 Å². The second kappa shape index (κ2) is 4.40. The van der Waals surface area contributed by atoms with Crippen LogP contribution in [0.25, 0.3) is 0 Å². The van der Waals surface area contributed by atoms with Crippen LogP contribution in [-0.4, -0.2) is 54.2 Å². The van der Waals surface area contributed by atoms with Gasteiger partial charge in [-0.3, -0.25) is 4.79 Å². The van der Waals surface area contributed by atoms with E-state index in [0.29, 0.717) is 0 Å². The third-order valence-corrected chi connectivity index (χ3v) is 2.49. The van der Waals surface area contributed by atoms with E-state index in [1.165, 1.54) is 14.0 Å². The van der Waals surface area contributed by atoms with Gasteiger partial charge in [-0.05, 0) is 13.3 Å². The molecule has 2 atom stereocenters. The molecule has 1 rings (SSSR count). The van der Waals surface area contributed by atoms with E-state index < -0.39 is 30.6 Å². The third kappa shape index (κ3) is 2.63. The van der Waals surface area contributed by atoms with Crippen molar-refractivity contribution in [3.63, 3.8) is 0 Å². The highest BCUT2D eigenvalue weighted by molar-refractivity contribution is 5.80. The molecule has 1 heterocycles. The monoisotopic (exact) mass is 223 g/mol. The van der Waals surface area contributed by atoms with Gasteiger partial charge in [0.2, 0.25) is 0 Å². The van der Waals surface area contributed by atoms with E-state index in [1.807, 2.05) is 0 Å². The highest BCUT2D eigenvalue weighted by Gasteiger charge is 2.46. The molecule has 1 fully saturated rings. The first-order valence-electron chi connectivity index (χ1n) is 4.76. The average Bonchev–Trinajstić information content (AvgIpc) is 2.15. The fourth-order valence-electron chi connectivity index (χ4n) is 1.66. The molecule has 4 nitrogen and oxygen atoms in total. The Hall–Kier alpha value is -0.750. The molecule has 0 unspecified atom stereocenters. The third-order valence-electron chi connectivity index (χ3n) is 2.49. The first kappa shape index (κ1) is 12.3. The molecule has 1 amide bonds. The number of nitrogens with zero attached hydrogens (tertiary/aromatic N) is 1. The predicted molar refractivity (Wildman–Crippen MR) is 48.6 cm³/mol. The van der Waals surface area contributed by atoms with Crippen molar-refractivity contribution in [2.45, 2.75) is 31.5 Å². The molecule has 0 aromatic carbocycles. The van der Waals surface area contributed by atoms with E-state index in [4.69, 9.17) is 5.11 Å². The maximum absolute atomic E-state index is 13.3. The summed E-state index contributed by atoms with van der Waals surface area (Å²) in [6.45, 7) is 0.774. The number of aliphatic hydroxyl groups is 1. The van der Waals surface area contributed by atoms with Gasteiger partial charge in [0.1, 0.15) is 12.2 Å². The number of carbonyl (C=O) groups is 1. The maximum Gasteiger partial charge on any atom is 0.290 e. The second-order valence-corrected chi connectivity index (χ2v) is 3.71. The summed E-state index contributed by atoms with van der Waals surface area (Å²) in [5.41, 5.74) is 0. The van der Waals surface area contributed by atoms with Crippen LogP contribution in [0.2, 0.25) is 0 Å². The van der Waals surface area contributed by atoms with Gasteiger partial charge in [0, 0.05) is 13.7 Å². The summed E-state index contributed by atoms with van der Waals surface area (Å²) in [5, 5.41) is 9.00. The molecular formula is C9H15F2NO3. The molecule has 88 valence electrons. The zero-order chi connectivity index (χ0) is 11.6. The van der Waals surface area contributed by atoms with Gasteiger partial charge in [0.25, 0.3) is 11.8 Å². The van der Waals surface area contributed by atoms with Gasteiger partial charge in [-0.15, -0.1) is 0 Å². The molecule has 1 N–H and O–H groups in total. The summed E-state index contributed by atoms with van der Waals surface area (Å²) in [6, 6.07) is 0. The van der Waals surface area contributed by atoms with Gasteiger partial charge < -0.3 is 14.7 Å². The van der Waals surface area contributed by atoms with Gasteiger partial charge in [0.15, 0.2) is 0 Å². The largest absolute Gasteiger partial charge is 0.384 e. The highest BCUT2D eigenvalue weighted by Crippen LogP contribution is 2.29. The number of halogens is 2. The second-order valence-electron chi connectivity index (χ2n) is 3.71. The number of aliphatic hydroxyl groups excluding tert-OH is 1. The summed E-state index contributed by atoms with van der Waals surface area (Å²) in [6.07, 6.45) is -2.29. The minimum atomic E-state index is -3.04. The molecule has 0 aromatic heterocycles. The Kier molecular flexibility index (Phi) is 3.62. The normalized spacial score (nSPS) is 27.5. The average molecular weight is 223 g/mol. The zero-order valence-electron chi connectivity index (χ0n) is 8.74. The molecule has 0 radical (unpaired) electrons. The summed E-state index contributed by atoms with van der Waals surface area (Å²) in [5.74, 6) is -3.71. The van der Waals surface area contributed by atoms with Crippen LogP contribution in [-0.2, 0) is 9.53 Å². The smallest absolute Gasteiger partial charge is 0.290 e. The Bertz CT molecular complexity index is 246. The van der Waals surface area contributed by atoms with Gasteiger partial charge in [0.05, 0.1) is 6.54 Å². The van der Waals surface area contributed by atoms with Crippen LogP contribution in [0.4, 0.5) is 8.78 Å². The lowest BCUT2D eigenvalue weighted by atomic mass is 10.0. The SMILES string of the molecule is CO[C@@H]1CCN(C(=O)[C@H](C)O)CC1(F)F. The number of hydrogen-bond acceptors (Lipinski definition) is 3. The molecular weight excluding hydrogens is 208 g/mol. The number of ether oxygens (including phenoxy) is 1. The Morgan fingerprint density at radius 2 is 2.27 bits per heavy atom. The van der Waals surface area contributed by atoms with E-state index in [2.05, 4.69) is 4.74 Å².